The molecular weight excluding hydrogens is 390 g/mol. The first-order chi connectivity index (χ1) is 14.6. The molecule has 0 spiro atoms. The summed E-state index contributed by atoms with van der Waals surface area (Å²) >= 11 is 0. The second-order valence-corrected chi connectivity index (χ2v) is 6.72. The number of ether oxygens (including phenoxy) is 3. The highest BCUT2D eigenvalue weighted by Gasteiger charge is 2.16. The van der Waals surface area contributed by atoms with Gasteiger partial charge in [0, 0.05) is 18.5 Å². The van der Waals surface area contributed by atoms with Crippen molar-refractivity contribution in [3.8, 4) is 11.5 Å². The quantitative estimate of drug-likeness (QED) is 0.335. The van der Waals surface area contributed by atoms with Crippen molar-refractivity contribution in [3.05, 3.63) is 36.4 Å². The highest BCUT2D eigenvalue weighted by Crippen LogP contribution is 2.31. The number of Topliss-reactive ketones (excluding diaryl/α,β-unsaturated/α-hetero) is 1. The largest absolute Gasteiger partial charge is 0.486 e. The van der Waals surface area contributed by atoms with E-state index in [1.54, 1.807) is 24.5 Å². The first kappa shape index (κ1) is 19.6. The van der Waals surface area contributed by atoms with Crippen molar-refractivity contribution in [2.24, 2.45) is 0 Å². The van der Waals surface area contributed by atoms with E-state index in [1.165, 1.54) is 6.33 Å². The average Bonchev–Trinajstić information content (AvgIpc) is 3.19. The summed E-state index contributed by atoms with van der Waals surface area (Å²) in [5.74, 6) is 0.938. The van der Waals surface area contributed by atoms with Crippen molar-refractivity contribution < 1.29 is 23.8 Å². The number of benzene rings is 1. The van der Waals surface area contributed by atoms with E-state index < -0.39 is 5.97 Å². The Hall–Kier alpha value is -3.69. The van der Waals surface area contributed by atoms with Crippen LogP contribution in [0, 0.1) is 0 Å². The zero-order valence-corrected chi connectivity index (χ0v) is 16.2. The van der Waals surface area contributed by atoms with Gasteiger partial charge in [-0.2, -0.15) is 0 Å². The number of nitrogen functional groups attached to an aromatic ring is 1. The van der Waals surface area contributed by atoms with Gasteiger partial charge in [0.2, 0.25) is 0 Å². The van der Waals surface area contributed by atoms with Crippen molar-refractivity contribution in [3.63, 3.8) is 0 Å². The minimum absolute atomic E-state index is 0.0189. The van der Waals surface area contributed by atoms with Crippen LogP contribution in [0.5, 0.6) is 11.5 Å². The van der Waals surface area contributed by atoms with Crippen LogP contribution in [0.2, 0.25) is 0 Å². The Kier molecular flexibility index (Phi) is 5.73. The van der Waals surface area contributed by atoms with E-state index >= 15 is 0 Å². The molecule has 0 fully saturated rings. The predicted molar refractivity (Wildman–Crippen MR) is 106 cm³/mol. The number of aryl methyl sites for hydroxylation is 1. The van der Waals surface area contributed by atoms with E-state index in [1.807, 2.05) is 4.57 Å². The number of imidazole rings is 1. The molecule has 1 aliphatic heterocycles. The maximum atomic E-state index is 12.3. The number of esters is 1. The molecule has 156 valence electrons. The number of rotatable bonds is 8. The van der Waals surface area contributed by atoms with Crippen molar-refractivity contribution in [1.82, 2.24) is 19.5 Å². The Morgan fingerprint density at radius 1 is 1.10 bits per heavy atom. The van der Waals surface area contributed by atoms with Gasteiger partial charge >= 0.3 is 5.97 Å². The molecule has 0 saturated heterocycles. The lowest BCUT2D eigenvalue weighted by Crippen LogP contribution is -2.16. The Labute approximate surface area is 172 Å². The smallest absolute Gasteiger partial charge is 0.306 e. The molecule has 3 heterocycles. The second kappa shape index (κ2) is 8.76. The Morgan fingerprint density at radius 3 is 2.80 bits per heavy atom. The number of anilines is 1. The molecule has 1 aromatic carbocycles. The van der Waals surface area contributed by atoms with Crippen LogP contribution < -0.4 is 15.2 Å². The number of hydrogen-bond acceptors (Lipinski definition) is 9. The lowest BCUT2D eigenvalue weighted by atomic mass is 10.1. The molecule has 2 N–H and O–H groups in total. The monoisotopic (exact) mass is 411 g/mol. The summed E-state index contributed by atoms with van der Waals surface area (Å²) < 4.78 is 18.0. The average molecular weight is 411 g/mol. The Balaban J connectivity index is 1.20. The number of hydrogen-bond donors (Lipinski definition) is 1. The summed E-state index contributed by atoms with van der Waals surface area (Å²) in [5, 5.41) is 0. The van der Waals surface area contributed by atoms with Crippen LogP contribution in [0.4, 0.5) is 5.82 Å². The minimum atomic E-state index is -0.414. The summed E-state index contributed by atoms with van der Waals surface area (Å²) in [5.41, 5.74) is 7.43. The van der Waals surface area contributed by atoms with Gasteiger partial charge in [0.1, 0.15) is 25.1 Å². The molecule has 0 radical (unpaired) electrons. The van der Waals surface area contributed by atoms with Gasteiger partial charge in [-0.25, -0.2) is 15.0 Å². The number of nitrogens with zero attached hydrogens (tertiary/aromatic N) is 4. The number of carbonyl (C=O) groups excluding carboxylic acids is 2. The lowest BCUT2D eigenvalue weighted by molar-refractivity contribution is -0.143. The van der Waals surface area contributed by atoms with Gasteiger partial charge in [0.05, 0.1) is 19.4 Å². The third-order valence-corrected chi connectivity index (χ3v) is 4.66. The molecule has 0 atom stereocenters. The molecule has 0 aliphatic carbocycles. The number of nitrogens with two attached hydrogens (primary N) is 1. The fourth-order valence-corrected chi connectivity index (χ4v) is 3.13. The van der Waals surface area contributed by atoms with Crippen molar-refractivity contribution >= 4 is 28.7 Å². The maximum Gasteiger partial charge on any atom is 0.306 e. The third kappa shape index (κ3) is 4.32. The summed E-state index contributed by atoms with van der Waals surface area (Å²) in [6.07, 6.45) is 3.68. The molecule has 4 rings (SSSR count). The van der Waals surface area contributed by atoms with Crippen LogP contribution in [0.15, 0.2) is 30.9 Å². The van der Waals surface area contributed by atoms with Gasteiger partial charge in [0.15, 0.2) is 28.7 Å². The zero-order chi connectivity index (χ0) is 20.9. The summed E-state index contributed by atoms with van der Waals surface area (Å²) in [6.45, 7) is 1.74. The standard InChI is InChI=1S/C20H21N5O5/c21-19-18-20(23-11-22-19)25(12-24-18)6-1-7-30-17(27)5-3-14(26)13-2-4-15-16(10-13)29-9-8-28-15/h2,4,10-12H,1,3,5-9H2,(H2,21,22,23). The van der Waals surface area contributed by atoms with E-state index in [0.717, 1.165) is 0 Å². The predicted octanol–water partition coefficient (Wildman–Crippen LogP) is 1.78. The summed E-state index contributed by atoms with van der Waals surface area (Å²) in [6, 6.07) is 5.03. The van der Waals surface area contributed by atoms with Gasteiger partial charge < -0.3 is 24.5 Å². The van der Waals surface area contributed by atoms with Crippen LogP contribution >= 0.6 is 0 Å². The molecule has 10 heteroatoms. The lowest BCUT2D eigenvalue weighted by Gasteiger charge is -2.18. The molecule has 30 heavy (non-hydrogen) atoms. The molecule has 0 bridgehead atoms. The van der Waals surface area contributed by atoms with Gasteiger partial charge in [-0.15, -0.1) is 0 Å². The first-order valence-corrected chi connectivity index (χ1v) is 9.61. The van der Waals surface area contributed by atoms with E-state index in [0.29, 0.717) is 60.2 Å². The van der Waals surface area contributed by atoms with Crippen LogP contribution in [0.3, 0.4) is 0 Å². The minimum Gasteiger partial charge on any atom is -0.486 e. The van der Waals surface area contributed by atoms with Crippen LogP contribution in [0.25, 0.3) is 11.2 Å². The van der Waals surface area contributed by atoms with Gasteiger partial charge in [0.25, 0.3) is 0 Å². The molecular formula is C20H21N5O5. The van der Waals surface area contributed by atoms with E-state index in [2.05, 4.69) is 15.0 Å². The second-order valence-electron chi connectivity index (χ2n) is 6.72. The number of aromatic nitrogens is 4. The molecule has 0 saturated carbocycles. The SMILES string of the molecule is Nc1ncnc2c1ncn2CCCOC(=O)CCC(=O)c1ccc2c(c1)OCCO2. The Bertz CT molecular complexity index is 1080. The van der Waals surface area contributed by atoms with Crippen LogP contribution in [-0.2, 0) is 16.1 Å². The van der Waals surface area contributed by atoms with E-state index in [-0.39, 0.29) is 25.2 Å². The normalized spacial score (nSPS) is 12.7. The number of ketones is 1. The van der Waals surface area contributed by atoms with Crippen LogP contribution in [0.1, 0.15) is 29.6 Å². The first-order valence-electron chi connectivity index (χ1n) is 9.61. The number of carbonyl (C=O) groups is 2. The van der Waals surface area contributed by atoms with Gasteiger partial charge in [-0.3, -0.25) is 9.59 Å². The fourth-order valence-electron chi connectivity index (χ4n) is 3.13. The van der Waals surface area contributed by atoms with E-state index in [9.17, 15) is 9.59 Å². The highest BCUT2D eigenvalue weighted by molar-refractivity contribution is 5.98. The zero-order valence-electron chi connectivity index (χ0n) is 16.2. The third-order valence-electron chi connectivity index (χ3n) is 4.66. The molecule has 0 amide bonds. The van der Waals surface area contributed by atoms with Crippen molar-refractivity contribution in [2.75, 3.05) is 25.6 Å². The molecule has 0 unspecified atom stereocenters. The molecule has 10 nitrogen and oxygen atoms in total. The molecule has 2 aromatic heterocycles. The topological polar surface area (TPSA) is 131 Å². The van der Waals surface area contributed by atoms with Crippen molar-refractivity contribution in [2.45, 2.75) is 25.8 Å². The maximum absolute atomic E-state index is 12.3. The summed E-state index contributed by atoms with van der Waals surface area (Å²) in [4.78, 5) is 36.5. The van der Waals surface area contributed by atoms with Crippen LogP contribution in [-0.4, -0.2) is 51.1 Å². The van der Waals surface area contributed by atoms with Gasteiger partial charge in [-0.05, 0) is 24.6 Å². The Morgan fingerprint density at radius 2 is 1.93 bits per heavy atom. The van der Waals surface area contributed by atoms with Crippen molar-refractivity contribution in [1.29, 1.82) is 0 Å². The molecule has 3 aromatic rings. The van der Waals surface area contributed by atoms with Gasteiger partial charge in [-0.1, -0.05) is 0 Å². The highest BCUT2D eigenvalue weighted by atomic mass is 16.6. The number of fused-ring (bicyclic) bond motifs is 2. The van der Waals surface area contributed by atoms with E-state index in [4.69, 9.17) is 19.9 Å². The summed E-state index contributed by atoms with van der Waals surface area (Å²) in [7, 11) is 0. The fraction of sp³-hybridized carbons (Fsp3) is 0.350. The molecule has 1 aliphatic rings.